The van der Waals surface area contributed by atoms with Gasteiger partial charge in [0.05, 0.1) is 16.7 Å². The Morgan fingerprint density at radius 2 is 2.10 bits per heavy atom. The van der Waals surface area contributed by atoms with Gasteiger partial charge in [-0.05, 0) is 26.8 Å². The summed E-state index contributed by atoms with van der Waals surface area (Å²) in [5.41, 5.74) is 8.29. The normalized spacial score (nSPS) is 12.2. The first-order valence-corrected chi connectivity index (χ1v) is 6.12. The summed E-state index contributed by atoms with van der Waals surface area (Å²) in [5, 5.41) is 17.9. The highest BCUT2D eigenvalue weighted by atomic mass is 16.6. The molecule has 2 aromatic rings. The zero-order chi connectivity index (χ0) is 14.9. The summed E-state index contributed by atoms with van der Waals surface area (Å²) in [6.07, 6.45) is 0. The van der Waals surface area contributed by atoms with Gasteiger partial charge in [0.15, 0.2) is 0 Å². The average molecular weight is 276 g/mol. The Morgan fingerprint density at radius 1 is 1.40 bits per heavy atom. The highest BCUT2D eigenvalue weighted by Crippen LogP contribution is 2.28. The van der Waals surface area contributed by atoms with Crippen LogP contribution < -0.4 is 11.1 Å². The molecule has 1 atom stereocenters. The van der Waals surface area contributed by atoms with Gasteiger partial charge in [-0.2, -0.15) is 0 Å². The summed E-state index contributed by atoms with van der Waals surface area (Å²) in [7, 11) is 0. The summed E-state index contributed by atoms with van der Waals surface area (Å²) in [4.78, 5) is 10.4. The Balaban J connectivity index is 2.28. The predicted octanol–water partition coefficient (Wildman–Crippen LogP) is 2.95. The number of hydrogen-bond acceptors (Lipinski definition) is 6. The first-order valence-electron chi connectivity index (χ1n) is 6.12. The van der Waals surface area contributed by atoms with Gasteiger partial charge < -0.3 is 15.6 Å². The van der Waals surface area contributed by atoms with E-state index < -0.39 is 4.92 Å². The van der Waals surface area contributed by atoms with Gasteiger partial charge in [0.2, 0.25) is 0 Å². The number of nitrogens with one attached hydrogen (secondary N) is 1. The van der Waals surface area contributed by atoms with Crippen LogP contribution in [0.15, 0.2) is 22.7 Å². The number of rotatable bonds is 4. The van der Waals surface area contributed by atoms with Gasteiger partial charge in [0.25, 0.3) is 5.69 Å². The van der Waals surface area contributed by atoms with Crippen LogP contribution in [0.2, 0.25) is 0 Å². The Labute approximate surface area is 115 Å². The highest BCUT2D eigenvalue weighted by Gasteiger charge is 2.17. The van der Waals surface area contributed by atoms with Gasteiger partial charge in [0.1, 0.15) is 5.76 Å². The van der Waals surface area contributed by atoms with E-state index in [0.717, 1.165) is 17.0 Å². The maximum absolute atomic E-state index is 10.8. The van der Waals surface area contributed by atoms with Gasteiger partial charge in [-0.15, -0.1) is 0 Å². The van der Waals surface area contributed by atoms with E-state index in [1.807, 2.05) is 20.8 Å². The summed E-state index contributed by atoms with van der Waals surface area (Å²) in [6, 6.07) is 4.33. The van der Waals surface area contributed by atoms with E-state index in [4.69, 9.17) is 10.3 Å². The van der Waals surface area contributed by atoms with Crippen LogP contribution in [0.4, 0.5) is 17.1 Å². The molecule has 0 saturated carbocycles. The molecule has 1 aromatic heterocycles. The molecular formula is C13H16N4O3. The smallest absolute Gasteiger partial charge is 0.273 e. The predicted molar refractivity (Wildman–Crippen MR) is 75.5 cm³/mol. The summed E-state index contributed by atoms with van der Waals surface area (Å²) >= 11 is 0. The van der Waals surface area contributed by atoms with Crippen molar-refractivity contribution in [3.05, 3.63) is 45.3 Å². The lowest BCUT2D eigenvalue weighted by atomic mass is 10.1. The fourth-order valence-electron chi connectivity index (χ4n) is 2.25. The van der Waals surface area contributed by atoms with Crippen LogP contribution in [-0.4, -0.2) is 10.1 Å². The second-order valence-corrected chi connectivity index (χ2v) is 4.67. The zero-order valence-corrected chi connectivity index (χ0v) is 11.5. The van der Waals surface area contributed by atoms with Gasteiger partial charge >= 0.3 is 0 Å². The fourth-order valence-corrected chi connectivity index (χ4v) is 2.25. The number of aryl methyl sites for hydroxylation is 2. The SMILES string of the molecule is Cc1noc(C)c1C(C)Nc1cc(N)cc([N+](=O)[O-])c1. The van der Waals surface area contributed by atoms with Crippen molar-refractivity contribution in [2.45, 2.75) is 26.8 Å². The number of nitrogens with two attached hydrogens (primary N) is 1. The van der Waals surface area contributed by atoms with E-state index in [0.29, 0.717) is 11.4 Å². The van der Waals surface area contributed by atoms with Crippen molar-refractivity contribution in [2.75, 3.05) is 11.1 Å². The Kier molecular flexibility index (Phi) is 3.60. The Bertz CT molecular complexity index is 632. The van der Waals surface area contributed by atoms with Crippen LogP contribution in [0.1, 0.15) is 30.0 Å². The fraction of sp³-hybridized carbons (Fsp3) is 0.308. The first kappa shape index (κ1) is 13.9. The van der Waals surface area contributed by atoms with Crippen molar-refractivity contribution in [2.24, 2.45) is 0 Å². The third-order valence-corrected chi connectivity index (χ3v) is 3.06. The topological polar surface area (TPSA) is 107 Å². The molecule has 0 fully saturated rings. The van der Waals surface area contributed by atoms with Crippen molar-refractivity contribution >= 4 is 17.1 Å². The van der Waals surface area contributed by atoms with Crippen LogP contribution in [0.5, 0.6) is 0 Å². The van der Waals surface area contributed by atoms with Crippen molar-refractivity contribution in [3.63, 3.8) is 0 Å². The van der Waals surface area contributed by atoms with Gasteiger partial charge in [-0.1, -0.05) is 5.16 Å². The highest BCUT2D eigenvalue weighted by molar-refractivity contribution is 5.62. The molecule has 0 radical (unpaired) electrons. The molecule has 0 saturated heterocycles. The number of anilines is 2. The summed E-state index contributed by atoms with van der Waals surface area (Å²) < 4.78 is 5.12. The van der Waals surface area contributed by atoms with Crippen LogP contribution in [-0.2, 0) is 0 Å². The average Bonchev–Trinajstić information content (AvgIpc) is 2.68. The zero-order valence-electron chi connectivity index (χ0n) is 11.5. The minimum absolute atomic E-state index is 0.0431. The molecule has 0 amide bonds. The third-order valence-electron chi connectivity index (χ3n) is 3.06. The van der Waals surface area contributed by atoms with E-state index >= 15 is 0 Å². The van der Waals surface area contributed by atoms with Crippen molar-refractivity contribution < 1.29 is 9.45 Å². The number of nitro benzene ring substituents is 1. The minimum Gasteiger partial charge on any atom is -0.398 e. The largest absolute Gasteiger partial charge is 0.398 e. The molecule has 2 rings (SSSR count). The number of nitro groups is 1. The molecule has 7 heteroatoms. The lowest BCUT2D eigenvalue weighted by Crippen LogP contribution is -2.09. The van der Waals surface area contributed by atoms with Gasteiger partial charge in [-0.25, -0.2) is 0 Å². The lowest BCUT2D eigenvalue weighted by molar-refractivity contribution is -0.384. The summed E-state index contributed by atoms with van der Waals surface area (Å²) in [5.74, 6) is 0.723. The first-order chi connectivity index (χ1) is 9.38. The second kappa shape index (κ2) is 5.20. The maximum atomic E-state index is 10.8. The Hall–Kier alpha value is -2.57. The van der Waals surface area contributed by atoms with Crippen molar-refractivity contribution in [1.29, 1.82) is 0 Å². The van der Waals surface area contributed by atoms with Crippen LogP contribution in [0.3, 0.4) is 0 Å². The second-order valence-electron chi connectivity index (χ2n) is 4.67. The van der Waals surface area contributed by atoms with Crippen molar-refractivity contribution in [1.82, 2.24) is 5.16 Å². The molecule has 0 aliphatic rings. The minimum atomic E-state index is -0.470. The van der Waals surface area contributed by atoms with Gasteiger partial charge in [-0.3, -0.25) is 10.1 Å². The molecule has 3 N–H and O–H groups in total. The molecule has 0 aliphatic heterocycles. The van der Waals surface area contributed by atoms with E-state index in [1.54, 1.807) is 6.07 Å². The monoisotopic (exact) mass is 276 g/mol. The van der Waals surface area contributed by atoms with E-state index in [1.165, 1.54) is 12.1 Å². The molecule has 106 valence electrons. The van der Waals surface area contributed by atoms with E-state index in [9.17, 15) is 10.1 Å². The van der Waals surface area contributed by atoms with Crippen LogP contribution >= 0.6 is 0 Å². The molecule has 1 heterocycles. The number of non-ortho nitro benzene ring substituents is 1. The molecule has 1 aromatic carbocycles. The van der Waals surface area contributed by atoms with Crippen LogP contribution in [0, 0.1) is 24.0 Å². The van der Waals surface area contributed by atoms with E-state index in [2.05, 4.69) is 10.5 Å². The lowest BCUT2D eigenvalue weighted by Gasteiger charge is -2.15. The number of benzene rings is 1. The standard InChI is InChI=1S/C13H16N4O3/c1-7(13-8(2)16-20-9(13)3)15-11-4-10(14)5-12(6-11)17(18)19/h4-7,15H,14H2,1-3H3. The molecule has 1 unspecified atom stereocenters. The van der Waals surface area contributed by atoms with Gasteiger partial charge in [0, 0.05) is 29.1 Å². The molecule has 20 heavy (non-hydrogen) atoms. The Morgan fingerprint density at radius 3 is 2.65 bits per heavy atom. The number of nitrogen functional groups attached to an aromatic ring is 1. The van der Waals surface area contributed by atoms with Crippen LogP contribution in [0.25, 0.3) is 0 Å². The quantitative estimate of drug-likeness (QED) is 0.505. The number of aromatic nitrogens is 1. The molecular weight excluding hydrogens is 260 g/mol. The molecule has 0 bridgehead atoms. The molecule has 7 nitrogen and oxygen atoms in total. The number of nitrogens with zero attached hydrogens (tertiary/aromatic N) is 2. The van der Waals surface area contributed by atoms with Crippen molar-refractivity contribution in [3.8, 4) is 0 Å². The summed E-state index contributed by atoms with van der Waals surface area (Å²) in [6.45, 7) is 5.61. The maximum Gasteiger partial charge on any atom is 0.273 e. The number of hydrogen-bond donors (Lipinski definition) is 2. The molecule has 0 aliphatic carbocycles. The van der Waals surface area contributed by atoms with E-state index in [-0.39, 0.29) is 11.7 Å². The third kappa shape index (κ3) is 2.71. The molecule has 0 spiro atoms.